The van der Waals surface area contributed by atoms with Gasteiger partial charge in [0.25, 0.3) is 11.8 Å². The van der Waals surface area contributed by atoms with Gasteiger partial charge in [-0.2, -0.15) is 0 Å². The van der Waals surface area contributed by atoms with Crippen LogP contribution in [0.15, 0.2) is 18.2 Å². The lowest BCUT2D eigenvalue weighted by atomic mass is 10.1. The number of rotatable bonds is 11. The monoisotopic (exact) mass is 408 g/mol. The smallest absolute Gasteiger partial charge is 0.260 e. The molecule has 1 saturated heterocycles. The molecule has 1 aliphatic rings. The number of ether oxygens (including phenoxy) is 3. The Labute approximate surface area is 172 Å². The van der Waals surface area contributed by atoms with Crippen molar-refractivity contribution in [3.63, 3.8) is 0 Å². The topological polar surface area (TPSA) is 97.3 Å². The van der Waals surface area contributed by atoms with E-state index in [1.165, 1.54) is 0 Å². The van der Waals surface area contributed by atoms with E-state index >= 15 is 0 Å². The summed E-state index contributed by atoms with van der Waals surface area (Å²) in [5, 5.41) is 12.0. The average molecular weight is 408 g/mol. The van der Waals surface area contributed by atoms with Gasteiger partial charge in [-0.25, -0.2) is 0 Å². The molecule has 1 fully saturated rings. The molecule has 162 valence electrons. The summed E-state index contributed by atoms with van der Waals surface area (Å²) in [4.78, 5) is 26.7. The number of likely N-dealkylation sites (tertiary alicyclic amines) is 1. The van der Waals surface area contributed by atoms with Crippen LogP contribution < -0.4 is 14.8 Å². The molecule has 0 unspecified atom stereocenters. The van der Waals surface area contributed by atoms with Crippen molar-refractivity contribution in [3.05, 3.63) is 23.8 Å². The van der Waals surface area contributed by atoms with Gasteiger partial charge in [0, 0.05) is 32.4 Å². The quantitative estimate of drug-likeness (QED) is 0.577. The van der Waals surface area contributed by atoms with E-state index in [9.17, 15) is 9.59 Å². The van der Waals surface area contributed by atoms with E-state index in [1.807, 2.05) is 11.8 Å². The van der Waals surface area contributed by atoms with Crippen molar-refractivity contribution < 1.29 is 28.9 Å². The summed E-state index contributed by atoms with van der Waals surface area (Å²) in [6.45, 7) is 3.99. The van der Waals surface area contributed by atoms with E-state index in [0.29, 0.717) is 36.7 Å². The maximum absolute atomic E-state index is 12.5. The van der Waals surface area contributed by atoms with Crippen molar-refractivity contribution >= 4 is 11.8 Å². The number of carbonyl (C=O) groups excluding carboxylic acids is 2. The maximum atomic E-state index is 12.5. The molecule has 0 saturated carbocycles. The number of amides is 2. The van der Waals surface area contributed by atoms with Crippen LogP contribution in [-0.2, 0) is 9.53 Å². The molecule has 8 heteroatoms. The molecule has 0 spiro atoms. The van der Waals surface area contributed by atoms with Gasteiger partial charge in [-0.15, -0.1) is 0 Å². The van der Waals surface area contributed by atoms with Crippen LogP contribution >= 0.6 is 0 Å². The Balaban J connectivity index is 2.02. The van der Waals surface area contributed by atoms with E-state index in [2.05, 4.69) is 5.32 Å². The van der Waals surface area contributed by atoms with Gasteiger partial charge in [-0.3, -0.25) is 9.59 Å². The van der Waals surface area contributed by atoms with Crippen LogP contribution in [0.3, 0.4) is 0 Å². The van der Waals surface area contributed by atoms with E-state index in [4.69, 9.17) is 19.3 Å². The zero-order valence-electron chi connectivity index (χ0n) is 17.3. The predicted octanol–water partition coefficient (Wildman–Crippen LogP) is 1.60. The Hall–Kier alpha value is -2.32. The zero-order valence-corrected chi connectivity index (χ0v) is 17.3. The van der Waals surface area contributed by atoms with Gasteiger partial charge in [0.15, 0.2) is 18.1 Å². The fraction of sp³-hybridized carbons (Fsp3) is 0.619. The summed E-state index contributed by atoms with van der Waals surface area (Å²) in [6, 6.07) is 4.58. The normalized spacial score (nSPS) is 14.9. The van der Waals surface area contributed by atoms with Gasteiger partial charge in [-0.1, -0.05) is 0 Å². The largest absolute Gasteiger partial charge is 0.490 e. The minimum atomic E-state index is -0.294. The summed E-state index contributed by atoms with van der Waals surface area (Å²) in [5.41, 5.74) is 0.405. The third-order valence-electron chi connectivity index (χ3n) is 4.75. The third kappa shape index (κ3) is 7.21. The summed E-state index contributed by atoms with van der Waals surface area (Å²) in [5.74, 6) is 0.507. The molecule has 2 N–H and O–H groups in total. The number of carbonyl (C=O) groups is 2. The number of nitrogens with zero attached hydrogens (tertiary/aromatic N) is 1. The summed E-state index contributed by atoms with van der Waals surface area (Å²) in [6.07, 6.45) is 3.62. The van der Waals surface area contributed by atoms with Crippen LogP contribution in [0.5, 0.6) is 11.5 Å². The molecule has 1 aromatic carbocycles. The highest BCUT2D eigenvalue weighted by Crippen LogP contribution is 2.29. The minimum absolute atomic E-state index is 0.0413. The first-order valence-corrected chi connectivity index (χ1v) is 10.2. The summed E-state index contributed by atoms with van der Waals surface area (Å²) < 4.78 is 16.4. The van der Waals surface area contributed by atoms with E-state index in [0.717, 1.165) is 32.4 Å². The second-order valence-electron chi connectivity index (χ2n) is 6.96. The van der Waals surface area contributed by atoms with Crippen LogP contribution in [-0.4, -0.2) is 74.5 Å². The number of methoxy groups -OCH3 is 1. The summed E-state index contributed by atoms with van der Waals surface area (Å²) in [7, 11) is 1.54. The highest BCUT2D eigenvalue weighted by Gasteiger charge is 2.19. The third-order valence-corrected chi connectivity index (χ3v) is 4.75. The van der Waals surface area contributed by atoms with Crippen LogP contribution in [0.2, 0.25) is 0 Å². The molecule has 8 nitrogen and oxygen atoms in total. The number of nitrogens with one attached hydrogen (secondary N) is 1. The van der Waals surface area contributed by atoms with Crippen molar-refractivity contribution in [2.75, 3.05) is 46.6 Å². The second kappa shape index (κ2) is 12.3. The fourth-order valence-corrected chi connectivity index (χ4v) is 3.23. The number of hydrogen-bond acceptors (Lipinski definition) is 6. The number of aliphatic hydroxyl groups excluding tert-OH is 1. The Morgan fingerprint density at radius 1 is 1.17 bits per heavy atom. The highest BCUT2D eigenvalue weighted by molar-refractivity contribution is 5.95. The molecule has 2 rings (SSSR count). The van der Waals surface area contributed by atoms with Crippen molar-refractivity contribution in [1.29, 1.82) is 0 Å². The van der Waals surface area contributed by atoms with E-state index < -0.39 is 0 Å². The van der Waals surface area contributed by atoms with E-state index in [1.54, 1.807) is 25.3 Å². The van der Waals surface area contributed by atoms with Crippen LogP contribution in [0.1, 0.15) is 43.0 Å². The maximum Gasteiger partial charge on any atom is 0.260 e. The van der Waals surface area contributed by atoms with Gasteiger partial charge < -0.3 is 29.5 Å². The lowest BCUT2D eigenvalue weighted by Gasteiger charge is -2.26. The summed E-state index contributed by atoms with van der Waals surface area (Å²) >= 11 is 0. The van der Waals surface area contributed by atoms with Crippen LogP contribution in [0, 0.1) is 0 Å². The van der Waals surface area contributed by atoms with Crippen molar-refractivity contribution in [3.8, 4) is 11.5 Å². The Kier molecular flexibility index (Phi) is 9.73. The molecule has 1 aliphatic heterocycles. The SMILES string of the molecule is CCOc1cc(C(=O)N[C@@H](CCO)COC)ccc1OCC(=O)N1CCCCC1. The molecule has 29 heavy (non-hydrogen) atoms. The molecule has 2 amide bonds. The molecule has 0 aliphatic carbocycles. The molecule has 0 radical (unpaired) electrons. The number of aliphatic hydroxyl groups is 1. The minimum Gasteiger partial charge on any atom is -0.490 e. The number of benzene rings is 1. The Bertz CT molecular complexity index is 655. The van der Waals surface area contributed by atoms with E-state index in [-0.39, 0.29) is 31.1 Å². The molecule has 1 atom stereocenters. The molecule has 0 bridgehead atoms. The molecule has 0 aromatic heterocycles. The second-order valence-corrected chi connectivity index (χ2v) is 6.96. The molecule has 1 heterocycles. The number of hydrogen-bond donors (Lipinski definition) is 2. The lowest BCUT2D eigenvalue weighted by Crippen LogP contribution is -2.39. The van der Waals surface area contributed by atoms with Crippen molar-refractivity contribution in [2.45, 2.75) is 38.6 Å². The molecule has 1 aromatic rings. The Morgan fingerprint density at radius 3 is 2.59 bits per heavy atom. The fourth-order valence-electron chi connectivity index (χ4n) is 3.23. The van der Waals surface area contributed by atoms with Crippen molar-refractivity contribution in [2.24, 2.45) is 0 Å². The van der Waals surface area contributed by atoms with Gasteiger partial charge in [-0.05, 0) is 50.8 Å². The highest BCUT2D eigenvalue weighted by atomic mass is 16.5. The first kappa shape index (κ1) is 23.0. The van der Waals surface area contributed by atoms with Gasteiger partial charge in [0.05, 0.1) is 19.3 Å². The first-order chi connectivity index (χ1) is 14.1. The van der Waals surface area contributed by atoms with Gasteiger partial charge >= 0.3 is 0 Å². The predicted molar refractivity (Wildman–Crippen MR) is 108 cm³/mol. The molecular weight excluding hydrogens is 376 g/mol. The standard InChI is InChI=1S/C21H32N2O6/c1-3-28-19-13-16(21(26)22-17(9-12-24)14-27-2)7-8-18(19)29-15-20(25)23-10-5-4-6-11-23/h7-8,13,17,24H,3-6,9-12,14-15H2,1-2H3,(H,22,26)/t17-/m0/s1. The van der Waals surface area contributed by atoms with Gasteiger partial charge in [0.1, 0.15) is 0 Å². The average Bonchev–Trinajstić information content (AvgIpc) is 2.73. The Morgan fingerprint density at radius 2 is 1.93 bits per heavy atom. The zero-order chi connectivity index (χ0) is 21.1. The van der Waals surface area contributed by atoms with Gasteiger partial charge in [0.2, 0.25) is 0 Å². The van der Waals surface area contributed by atoms with Crippen LogP contribution in [0.25, 0.3) is 0 Å². The first-order valence-electron chi connectivity index (χ1n) is 10.2. The van der Waals surface area contributed by atoms with Crippen molar-refractivity contribution in [1.82, 2.24) is 10.2 Å². The number of piperidine rings is 1. The molecular formula is C21H32N2O6. The van der Waals surface area contributed by atoms with Crippen LogP contribution in [0.4, 0.5) is 0 Å². The lowest BCUT2D eigenvalue weighted by molar-refractivity contribution is -0.134.